The Labute approximate surface area is 141 Å². The maximum atomic E-state index is 11.6. The van der Waals surface area contributed by atoms with Gasteiger partial charge in [0.25, 0.3) is 0 Å². The van der Waals surface area contributed by atoms with E-state index in [2.05, 4.69) is 10.1 Å². The van der Waals surface area contributed by atoms with Gasteiger partial charge in [0.15, 0.2) is 12.9 Å². The van der Waals surface area contributed by atoms with Crippen LogP contribution in [0.3, 0.4) is 0 Å². The zero-order valence-electron chi connectivity index (χ0n) is 14.4. The average molecular weight is 337 g/mol. The van der Waals surface area contributed by atoms with Gasteiger partial charge in [-0.1, -0.05) is 6.07 Å². The highest BCUT2D eigenvalue weighted by Crippen LogP contribution is 2.19. The molecule has 0 spiro atoms. The zero-order valence-corrected chi connectivity index (χ0v) is 14.4. The summed E-state index contributed by atoms with van der Waals surface area (Å²) in [7, 11) is 1.26. The summed E-state index contributed by atoms with van der Waals surface area (Å²) in [5, 5.41) is 2.65. The normalized spacial score (nSPS) is 10.7. The van der Waals surface area contributed by atoms with Gasteiger partial charge >= 0.3 is 12.1 Å². The quantitative estimate of drug-likeness (QED) is 0.605. The highest BCUT2D eigenvalue weighted by Gasteiger charge is 2.15. The molecular formula is C17H23NO6. The molecule has 0 radical (unpaired) electrons. The average Bonchev–Trinajstić information content (AvgIpc) is 2.51. The van der Waals surface area contributed by atoms with Crippen LogP contribution in [0.2, 0.25) is 0 Å². The molecule has 0 aliphatic rings. The van der Waals surface area contributed by atoms with Gasteiger partial charge in [-0.15, -0.1) is 0 Å². The molecule has 0 aliphatic carbocycles. The van der Waals surface area contributed by atoms with Crippen molar-refractivity contribution in [2.24, 2.45) is 0 Å². The Bertz CT molecular complexity index is 591. The minimum atomic E-state index is -0.548. The Morgan fingerprint density at radius 3 is 2.54 bits per heavy atom. The number of benzene rings is 1. The van der Waals surface area contributed by atoms with E-state index in [1.54, 1.807) is 39.0 Å². The molecule has 7 nitrogen and oxygen atoms in total. The van der Waals surface area contributed by atoms with Crippen LogP contribution in [0.5, 0.6) is 5.75 Å². The number of esters is 1. The van der Waals surface area contributed by atoms with Crippen LogP contribution in [-0.4, -0.2) is 44.2 Å². The maximum absolute atomic E-state index is 11.6. The molecule has 0 bridgehead atoms. The van der Waals surface area contributed by atoms with Gasteiger partial charge in [0, 0.05) is 6.54 Å². The molecule has 1 aromatic rings. The summed E-state index contributed by atoms with van der Waals surface area (Å²) >= 11 is 0. The first-order valence-corrected chi connectivity index (χ1v) is 7.49. The lowest BCUT2D eigenvalue weighted by Crippen LogP contribution is -2.33. The Balaban J connectivity index is 2.56. The molecule has 0 saturated heterocycles. The number of hydrogen-bond acceptors (Lipinski definition) is 6. The SMILES string of the molecule is COC(=O)COc1ccc(CCNC(=O)OC(C)(C)C)cc1C=O. The number of methoxy groups -OCH3 is 1. The van der Waals surface area contributed by atoms with E-state index < -0.39 is 17.7 Å². The fraction of sp³-hybridized carbons (Fsp3) is 0.471. The topological polar surface area (TPSA) is 90.9 Å². The second-order valence-electron chi connectivity index (χ2n) is 6.03. The third kappa shape index (κ3) is 7.13. The number of aldehydes is 1. The van der Waals surface area contributed by atoms with E-state index in [0.717, 1.165) is 5.56 Å². The van der Waals surface area contributed by atoms with E-state index in [0.29, 0.717) is 30.6 Å². The smallest absolute Gasteiger partial charge is 0.407 e. The number of carbonyl (C=O) groups is 3. The number of rotatable bonds is 7. The molecule has 1 amide bonds. The lowest BCUT2D eigenvalue weighted by molar-refractivity contribution is -0.142. The molecule has 1 N–H and O–H groups in total. The maximum Gasteiger partial charge on any atom is 0.407 e. The molecule has 0 heterocycles. The molecule has 132 valence electrons. The number of ether oxygens (including phenoxy) is 3. The van der Waals surface area contributed by atoms with Crippen LogP contribution < -0.4 is 10.1 Å². The molecule has 0 fully saturated rings. The van der Waals surface area contributed by atoms with Crippen molar-refractivity contribution in [3.63, 3.8) is 0 Å². The van der Waals surface area contributed by atoms with Crippen LogP contribution in [0.25, 0.3) is 0 Å². The van der Waals surface area contributed by atoms with E-state index in [1.807, 2.05) is 0 Å². The lowest BCUT2D eigenvalue weighted by Gasteiger charge is -2.19. The number of nitrogens with one attached hydrogen (secondary N) is 1. The molecule has 24 heavy (non-hydrogen) atoms. The standard InChI is InChI=1S/C17H23NO6/c1-17(2,3)24-16(21)18-8-7-12-5-6-14(13(9-12)10-19)23-11-15(20)22-4/h5-6,9-10H,7-8,11H2,1-4H3,(H,18,21). The fourth-order valence-corrected chi connectivity index (χ4v) is 1.80. The van der Waals surface area contributed by atoms with Gasteiger partial charge in [0.05, 0.1) is 12.7 Å². The van der Waals surface area contributed by atoms with Crippen LogP contribution in [0.15, 0.2) is 18.2 Å². The monoisotopic (exact) mass is 337 g/mol. The highest BCUT2D eigenvalue weighted by atomic mass is 16.6. The summed E-state index contributed by atoms with van der Waals surface area (Å²) in [6.45, 7) is 5.47. The van der Waals surface area contributed by atoms with E-state index >= 15 is 0 Å². The molecule has 0 aromatic heterocycles. The molecule has 7 heteroatoms. The lowest BCUT2D eigenvalue weighted by atomic mass is 10.1. The van der Waals surface area contributed by atoms with Crippen molar-refractivity contribution >= 4 is 18.3 Å². The van der Waals surface area contributed by atoms with Gasteiger partial charge in [-0.25, -0.2) is 9.59 Å². The van der Waals surface area contributed by atoms with Crippen molar-refractivity contribution in [2.45, 2.75) is 32.8 Å². The molecular weight excluding hydrogens is 314 g/mol. The minimum Gasteiger partial charge on any atom is -0.481 e. The number of alkyl carbamates (subject to hydrolysis) is 1. The first-order chi connectivity index (χ1) is 11.2. The Hall–Kier alpha value is -2.57. The Morgan fingerprint density at radius 1 is 1.25 bits per heavy atom. The van der Waals surface area contributed by atoms with Crippen molar-refractivity contribution in [3.8, 4) is 5.75 Å². The van der Waals surface area contributed by atoms with Gasteiger partial charge in [0.2, 0.25) is 0 Å². The summed E-state index contributed by atoms with van der Waals surface area (Å²) in [5.41, 5.74) is 0.625. The summed E-state index contributed by atoms with van der Waals surface area (Å²) in [6.07, 6.45) is 0.686. The highest BCUT2D eigenvalue weighted by molar-refractivity contribution is 5.80. The third-order valence-electron chi connectivity index (χ3n) is 2.86. The summed E-state index contributed by atoms with van der Waals surface area (Å²) < 4.78 is 14.8. The van der Waals surface area contributed by atoms with E-state index in [1.165, 1.54) is 7.11 Å². The fourth-order valence-electron chi connectivity index (χ4n) is 1.80. The van der Waals surface area contributed by atoms with E-state index in [4.69, 9.17) is 9.47 Å². The van der Waals surface area contributed by atoms with E-state index in [9.17, 15) is 14.4 Å². The molecule has 1 aromatic carbocycles. The predicted molar refractivity (Wildman–Crippen MR) is 87.3 cm³/mol. The summed E-state index contributed by atoms with van der Waals surface area (Å²) in [5.74, 6) is -0.225. The van der Waals surface area contributed by atoms with Crippen LogP contribution >= 0.6 is 0 Å². The van der Waals surface area contributed by atoms with Crippen LogP contribution in [0.4, 0.5) is 4.79 Å². The van der Waals surface area contributed by atoms with Crippen LogP contribution in [0.1, 0.15) is 36.7 Å². The molecule has 0 unspecified atom stereocenters. The largest absolute Gasteiger partial charge is 0.481 e. The first-order valence-electron chi connectivity index (χ1n) is 7.49. The second kappa shape index (κ2) is 8.90. The third-order valence-corrected chi connectivity index (χ3v) is 2.86. The van der Waals surface area contributed by atoms with Gasteiger partial charge in [-0.3, -0.25) is 4.79 Å². The number of carbonyl (C=O) groups excluding carboxylic acids is 3. The predicted octanol–water partition coefficient (Wildman–Crippen LogP) is 2.12. The zero-order chi connectivity index (χ0) is 18.2. The van der Waals surface area contributed by atoms with Crippen molar-refractivity contribution in [3.05, 3.63) is 29.3 Å². The molecule has 0 saturated carbocycles. The van der Waals surface area contributed by atoms with Gasteiger partial charge in [0.1, 0.15) is 11.4 Å². The van der Waals surface area contributed by atoms with Crippen molar-refractivity contribution in [2.75, 3.05) is 20.3 Å². The first kappa shape index (κ1) is 19.5. The number of hydrogen-bond donors (Lipinski definition) is 1. The van der Waals surface area contributed by atoms with Gasteiger partial charge in [-0.2, -0.15) is 0 Å². The Kier molecular flexibility index (Phi) is 7.23. The van der Waals surface area contributed by atoms with Crippen molar-refractivity contribution in [1.82, 2.24) is 5.32 Å². The molecule has 0 aliphatic heterocycles. The van der Waals surface area contributed by atoms with Crippen LogP contribution in [0, 0.1) is 0 Å². The van der Waals surface area contributed by atoms with Gasteiger partial charge in [-0.05, 0) is 44.9 Å². The van der Waals surface area contributed by atoms with Crippen molar-refractivity contribution in [1.29, 1.82) is 0 Å². The molecule has 0 atom stereocenters. The van der Waals surface area contributed by atoms with Gasteiger partial charge < -0.3 is 19.5 Å². The van der Waals surface area contributed by atoms with Crippen molar-refractivity contribution < 1.29 is 28.6 Å². The summed E-state index contributed by atoms with van der Waals surface area (Å²) in [4.78, 5) is 33.8. The number of amides is 1. The van der Waals surface area contributed by atoms with Crippen LogP contribution in [-0.2, 0) is 20.7 Å². The summed E-state index contributed by atoms with van der Waals surface area (Å²) in [6, 6.07) is 5.02. The second-order valence-corrected chi connectivity index (χ2v) is 6.03. The molecule has 1 rings (SSSR count). The van der Waals surface area contributed by atoms with E-state index in [-0.39, 0.29) is 6.61 Å². The minimum absolute atomic E-state index is 0.267. The Morgan fingerprint density at radius 2 is 1.96 bits per heavy atom.